The normalized spacial score (nSPS) is 23.0. The fourth-order valence-corrected chi connectivity index (χ4v) is 6.57. The highest BCUT2D eigenvalue weighted by atomic mass is 16.3. The average molecular weight is 543 g/mol. The molecule has 2 aromatic heterocycles. The Labute approximate surface area is 234 Å². The molecule has 1 aliphatic heterocycles. The van der Waals surface area contributed by atoms with Crippen LogP contribution in [-0.4, -0.2) is 66.9 Å². The lowest BCUT2D eigenvalue weighted by molar-refractivity contribution is -0.136. The van der Waals surface area contributed by atoms with E-state index >= 15 is 0 Å². The van der Waals surface area contributed by atoms with E-state index in [0.717, 1.165) is 36.1 Å². The number of imidazole rings is 1. The molecule has 3 atom stereocenters. The van der Waals surface area contributed by atoms with E-state index in [2.05, 4.69) is 34.5 Å². The summed E-state index contributed by atoms with van der Waals surface area (Å²) in [6, 6.07) is 10.6. The zero-order valence-electron chi connectivity index (χ0n) is 23.3. The van der Waals surface area contributed by atoms with Gasteiger partial charge in [-0.1, -0.05) is 55.0 Å². The van der Waals surface area contributed by atoms with E-state index in [4.69, 9.17) is 0 Å². The van der Waals surface area contributed by atoms with E-state index < -0.39 is 5.60 Å². The van der Waals surface area contributed by atoms with Gasteiger partial charge >= 0.3 is 0 Å². The van der Waals surface area contributed by atoms with Crippen molar-refractivity contribution in [3.05, 3.63) is 82.2 Å². The molecule has 40 heavy (non-hydrogen) atoms. The van der Waals surface area contributed by atoms with Gasteiger partial charge in [-0.25, -0.2) is 9.50 Å². The number of allylic oxidation sites excluding steroid dienone is 3. The minimum Gasteiger partial charge on any atom is -0.388 e. The van der Waals surface area contributed by atoms with Gasteiger partial charge in [0.05, 0.1) is 24.0 Å². The lowest BCUT2D eigenvalue weighted by Gasteiger charge is -2.38. The SMILES string of the molecule is CNC1CC2=CC=C(c3cnc4c(=O)n(CC5(O)CCN(C(=O)C[C@@H](C)c6ccccc6)CC5)cnn34)CC2C1. The lowest BCUT2D eigenvalue weighted by atomic mass is 9.88. The summed E-state index contributed by atoms with van der Waals surface area (Å²) in [7, 11) is 2.02. The maximum absolute atomic E-state index is 13.4. The van der Waals surface area contributed by atoms with Gasteiger partial charge in [0.1, 0.15) is 6.33 Å². The molecule has 210 valence electrons. The number of nitrogens with zero attached hydrogens (tertiary/aromatic N) is 5. The van der Waals surface area contributed by atoms with Gasteiger partial charge in [-0.3, -0.25) is 14.2 Å². The summed E-state index contributed by atoms with van der Waals surface area (Å²) < 4.78 is 3.09. The van der Waals surface area contributed by atoms with E-state index in [1.807, 2.05) is 42.3 Å². The molecule has 1 saturated heterocycles. The molecule has 6 rings (SSSR count). The zero-order chi connectivity index (χ0) is 27.9. The Bertz CT molecular complexity index is 1510. The number of benzene rings is 1. The molecular weight excluding hydrogens is 504 g/mol. The summed E-state index contributed by atoms with van der Waals surface area (Å²) in [6.45, 7) is 3.13. The quantitative estimate of drug-likeness (QED) is 0.475. The van der Waals surface area contributed by atoms with Gasteiger partial charge in [0.2, 0.25) is 11.6 Å². The largest absolute Gasteiger partial charge is 0.388 e. The number of fused-ring (bicyclic) bond motifs is 2. The topological polar surface area (TPSA) is 105 Å². The van der Waals surface area contributed by atoms with E-state index in [9.17, 15) is 14.7 Å². The molecule has 2 aliphatic carbocycles. The summed E-state index contributed by atoms with van der Waals surface area (Å²) in [5.74, 6) is 0.745. The summed E-state index contributed by atoms with van der Waals surface area (Å²) in [5, 5.41) is 19.3. The van der Waals surface area contributed by atoms with Crippen LogP contribution in [0.3, 0.4) is 0 Å². The number of hydrogen-bond acceptors (Lipinski definition) is 6. The van der Waals surface area contributed by atoms with Crippen LogP contribution in [0.5, 0.6) is 0 Å². The molecule has 3 aliphatic rings. The Kier molecular flexibility index (Phi) is 7.18. The lowest BCUT2D eigenvalue weighted by Crippen LogP contribution is -2.50. The maximum Gasteiger partial charge on any atom is 0.296 e. The summed E-state index contributed by atoms with van der Waals surface area (Å²) >= 11 is 0. The Balaban J connectivity index is 1.11. The number of hydrogen-bond donors (Lipinski definition) is 2. The molecule has 9 heteroatoms. The first kappa shape index (κ1) is 26.7. The van der Waals surface area contributed by atoms with Crippen molar-refractivity contribution >= 4 is 17.1 Å². The minimum absolute atomic E-state index is 0.0987. The van der Waals surface area contributed by atoms with Crippen LogP contribution in [-0.2, 0) is 11.3 Å². The standard InChI is InChI=1S/C31H38N6O3/c1-21(22-6-4-3-5-7-22)14-28(38)35-12-10-31(40,11-13-35)19-36-20-34-37-27(18-33-29(37)30(36)39)24-9-8-23-16-26(32-2)17-25(23)15-24/h3-9,18,20-21,25-26,32,40H,10-17,19H2,1-2H3/t21-,25?,26?/m1/s1. The van der Waals surface area contributed by atoms with Crippen LogP contribution < -0.4 is 10.9 Å². The van der Waals surface area contributed by atoms with Gasteiger partial charge in [0.25, 0.3) is 5.56 Å². The molecule has 9 nitrogen and oxygen atoms in total. The highest BCUT2D eigenvalue weighted by Gasteiger charge is 2.35. The number of nitrogens with one attached hydrogen (secondary N) is 1. The van der Waals surface area contributed by atoms with Crippen molar-refractivity contribution in [2.75, 3.05) is 20.1 Å². The number of carbonyl (C=O) groups excluding carboxylic acids is 1. The van der Waals surface area contributed by atoms with Crippen LogP contribution in [0.25, 0.3) is 11.2 Å². The second kappa shape index (κ2) is 10.8. The van der Waals surface area contributed by atoms with Crippen molar-refractivity contribution in [2.24, 2.45) is 5.92 Å². The van der Waals surface area contributed by atoms with Gasteiger partial charge in [-0.15, -0.1) is 0 Å². The van der Waals surface area contributed by atoms with Crippen molar-refractivity contribution < 1.29 is 9.90 Å². The molecule has 1 aromatic carbocycles. The third kappa shape index (κ3) is 5.15. The Morgan fingerprint density at radius 1 is 1.18 bits per heavy atom. The van der Waals surface area contributed by atoms with Crippen molar-refractivity contribution in [2.45, 2.75) is 69.6 Å². The van der Waals surface area contributed by atoms with E-state index in [1.54, 1.807) is 10.7 Å². The zero-order valence-corrected chi connectivity index (χ0v) is 23.3. The van der Waals surface area contributed by atoms with Crippen molar-refractivity contribution in [3.63, 3.8) is 0 Å². The van der Waals surface area contributed by atoms with Crippen LogP contribution in [0.4, 0.5) is 0 Å². The fraction of sp³-hybridized carbons (Fsp3) is 0.484. The third-order valence-corrected chi connectivity index (χ3v) is 9.14. The molecule has 0 spiro atoms. The number of aliphatic hydroxyl groups is 1. The van der Waals surface area contributed by atoms with Gasteiger partial charge in [0, 0.05) is 25.6 Å². The monoisotopic (exact) mass is 542 g/mol. The Morgan fingerprint density at radius 3 is 2.70 bits per heavy atom. The van der Waals surface area contributed by atoms with Crippen LogP contribution in [0, 0.1) is 5.92 Å². The molecule has 0 bridgehead atoms. The summed E-state index contributed by atoms with van der Waals surface area (Å²) in [4.78, 5) is 32.6. The fourth-order valence-electron chi connectivity index (χ4n) is 6.57. The molecule has 0 radical (unpaired) electrons. The highest BCUT2D eigenvalue weighted by molar-refractivity contribution is 5.77. The van der Waals surface area contributed by atoms with Gasteiger partial charge in [-0.05, 0) is 62.1 Å². The maximum atomic E-state index is 13.4. The first-order valence-corrected chi connectivity index (χ1v) is 14.4. The number of aromatic nitrogens is 4. The molecular formula is C31H38N6O3. The number of likely N-dealkylation sites (tertiary alicyclic amines) is 1. The van der Waals surface area contributed by atoms with Crippen molar-refractivity contribution in [3.8, 4) is 0 Å². The van der Waals surface area contributed by atoms with Gasteiger partial charge in [-0.2, -0.15) is 5.10 Å². The second-order valence-corrected chi connectivity index (χ2v) is 11.8. The highest BCUT2D eigenvalue weighted by Crippen LogP contribution is 2.41. The van der Waals surface area contributed by atoms with Crippen LogP contribution in [0.2, 0.25) is 0 Å². The molecule has 2 fully saturated rings. The molecule has 1 saturated carbocycles. The second-order valence-electron chi connectivity index (χ2n) is 11.8. The number of piperidine rings is 1. The molecule has 3 heterocycles. The van der Waals surface area contributed by atoms with Gasteiger partial charge in [0.15, 0.2) is 0 Å². The Morgan fingerprint density at radius 2 is 1.95 bits per heavy atom. The van der Waals surface area contributed by atoms with Crippen LogP contribution in [0.1, 0.15) is 62.6 Å². The van der Waals surface area contributed by atoms with Crippen molar-refractivity contribution in [1.29, 1.82) is 0 Å². The third-order valence-electron chi connectivity index (χ3n) is 9.14. The molecule has 2 unspecified atom stereocenters. The summed E-state index contributed by atoms with van der Waals surface area (Å²) in [6.07, 6.45) is 12.0. The van der Waals surface area contributed by atoms with Gasteiger partial charge < -0.3 is 15.3 Å². The molecule has 1 amide bonds. The minimum atomic E-state index is -1.08. The number of rotatable bonds is 7. The Hall–Kier alpha value is -3.56. The summed E-state index contributed by atoms with van der Waals surface area (Å²) in [5.41, 5.74) is 3.53. The molecule has 3 aromatic rings. The predicted molar refractivity (Wildman–Crippen MR) is 154 cm³/mol. The smallest absolute Gasteiger partial charge is 0.296 e. The number of carbonyl (C=O) groups is 1. The molecule has 2 N–H and O–H groups in total. The first-order valence-electron chi connectivity index (χ1n) is 14.4. The number of amides is 1. The average Bonchev–Trinajstić information content (AvgIpc) is 3.59. The van der Waals surface area contributed by atoms with Crippen LogP contribution in [0.15, 0.2) is 65.4 Å². The van der Waals surface area contributed by atoms with E-state index in [1.165, 1.54) is 16.5 Å². The van der Waals surface area contributed by atoms with Crippen LogP contribution >= 0.6 is 0 Å². The predicted octanol–water partition coefficient (Wildman–Crippen LogP) is 3.15. The van der Waals surface area contributed by atoms with E-state index in [-0.39, 0.29) is 29.6 Å². The van der Waals surface area contributed by atoms with E-state index in [0.29, 0.717) is 44.3 Å². The first-order chi connectivity index (χ1) is 19.3. The van der Waals surface area contributed by atoms with Crippen molar-refractivity contribution in [1.82, 2.24) is 29.4 Å².